The van der Waals surface area contributed by atoms with Gasteiger partial charge in [0.1, 0.15) is 0 Å². The Bertz CT molecular complexity index is 769. The Hall–Kier alpha value is -2.27. The van der Waals surface area contributed by atoms with Crippen molar-refractivity contribution in [3.63, 3.8) is 0 Å². The van der Waals surface area contributed by atoms with Crippen LogP contribution in [0.3, 0.4) is 0 Å². The van der Waals surface area contributed by atoms with E-state index in [2.05, 4.69) is 36.6 Å². The summed E-state index contributed by atoms with van der Waals surface area (Å²) in [5, 5.41) is 6.22. The SMILES string of the molecule is CC(C)Sc1ccc(CC(=O)Nc2ccc3c(c2)CC(=O)N3)cc1. The molecule has 1 heterocycles. The van der Waals surface area contributed by atoms with E-state index in [0.29, 0.717) is 18.1 Å². The largest absolute Gasteiger partial charge is 0.326 e. The van der Waals surface area contributed by atoms with Crippen molar-refractivity contribution in [2.24, 2.45) is 0 Å². The zero-order valence-electron chi connectivity index (χ0n) is 13.8. The Balaban J connectivity index is 1.60. The maximum Gasteiger partial charge on any atom is 0.228 e. The summed E-state index contributed by atoms with van der Waals surface area (Å²) in [6.07, 6.45) is 0.703. The van der Waals surface area contributed by atoms with Gasteiger partial charge in [0.2, 0.25) is 11.8 Å². The van der Waals surface area contributed by atoms with Crippen LogP contribution in [-0.2, 0) is 22.4 Å². The van der Waals surface area contributed by atoms with E-state index in [1.807, 2.05) is 30.3 Å². The summed E-state index contributed by atoms with van der Waals surface area (Å²) >= 11 is 1.81. The van der Waals surface area contributed by atoms with E-state index in [0.717, 1.165) is 22.5 Å². The summed E-state index contributed by atoms with van der Waals surface area (Å²) in [5.41, 5.74) is 3.46. The third-order valence-corrected chi connectivity index (χ3v) is 4.69. The average molecular weight is 340 g/mol. The molecule has 0 bridgehead atoms. The van der Waals surface area contributed by atoms with E-state index in [-0.39, 0.29) is 11.8 Å². The number of benzene rings is 2. The van der Waals surface area contributed by atoms with Crippen LogP contribution >= 0.6 is 11.8 Å². The molecule has 2 amide bonds. The molecule has 24 heavy (non-hydrogen) atoms. The van der Waals surface area contributed by atoms with Gasteiger partial charge in [0.05, 0.1) is 12.8 Å². The number of amides is 2. The van der Waals surface area contributed by atoms with Crippen LogP contribution in [0, 0.1) is 0 Å². The van der Waals surface area contributed by atoms with Gasteiger partial charge in [0, 0.05) is 21.5 Å². The van der Waals surface area contributed by atoms with E-state index >= 15 is 0 Å². The van der Waals surface area contributed by atoms with E-state index in [4.69, 9.17) is 0 Å². The fraction of sp³-hybridized carbons (Fsp3) is 0.263. The molecule has 0 aromatic heterocycles. The Labute approximate surface area is 146 Å². The molecule has 0 saturated carbocycles. The molecular formula is C19H20N2O2S. The highest BCUT2D eigenvalue weighted by Crippen LogP contribution is 2.26. The van der Waals surface area contributed by atoms with Gasteiger partial charge < -0.3 is 10.6 Å². The Morgan fingerprint density at radius 3 is 2.67 bits per heavy atom. The first kappa shape index (κ1) is 16.6. The molecule has 1 aliphatic heterocycles. The van der Waals surface area contributed by atoms with Crippen LogP contribution in [0.25, 0.3) is 0 Å². The maximum atomic E-state index is 12.2. The summed E-state index contributed by atoms with van der Waals surface area (Å²) in [6.45, 7) is 4.32. The molecule has 0 aliphatic carbocycles. The monoisotopic (exact) mass is 340 g/mol. The molecule has 0 saturated heterocycles. The van der Waals surface area contributed by atoms with Crippen LogP contribution in [-0.4, -0.2) is 17.1 Å². The fourth-order valence-corrected chi connectivity index (χ4v) is 3.49. The van der Waals surface area contributed by atoms with Crippen LogP contribution in [0.5, 0.6) is 0 Å². The molecule has 2 aromatic carbocycles. The topological polar surface area (TPSA) is 58.2 Å². The number of thioether (sulfide) groups is 1. The number of nitrogens with one attached hydrogen (secondary N) is 2. The molecule has 4 nitrogen and oxygen atoms in total. The molecule has 0 atom stereocenters. The van der Waals surface area contributed by atoms with Gasteiger partial charge in [-0.2, -0.15) is 0 Å². The summed E-state index contributed by atoms with van der Waals surface area (Å²) < 4.78 is 0. The second kappa shape index (κ2) is 7.09. The molecule has 0 fully saturated rings. The predicted molar refractivity (Wildman–Crippen MR) is 98.5 cm³/mol. The summed E-state index contributed by atoms with van der Waals surface area (Å²) in [4.78, 5) is 24.8. The highest BCUT2D eigenvalue weighted by Gasteiger charge is 2.17. The highest BCUT2D eigenvalue weighted by atomic mass is 32.2. The molecule has 1 aliphatic rings. The molecule has 0 unspecified atom stereocenters. The molecule has 2 aromatic rings. The quantitative estimate of drug-likeness (QED) is 0.813. The zero-order valence-corrected chi connectivity index (χ0v) is 14.6. The summed E-state index contributed by atoms with van der Waals surface area (Å²) in [6, 6.07) is 13.6. The average Bonchev–Trinajstić information content (AvgIpc) is 2.88. The third kappa shape index (κ3) is 4.17. The minimum Gasteiger partial charge on any atom is -0.326 e. The smallest absolute Gasteiger partial charge is 0.228 e. The van der Waals surface area contributed by atoms with Crippen molar-refractivity contribution in [2.45, 2.75) is 36.8 Å². The van der Waals surface area contributed by atoms with Gasteiger partial charge in [0.25, 0.3) is 0 Å². The number of fused-ring (bicyclic) bond motifs is 1. The molecule has 3 rings (SSSR count). The second-order valence-electron chi connectivity index (χ2n) is 6.13. The lowest BCUT2D eigenvalue weighted by Crippen LogP contribution is -2.14. The predicted octanol–water partition coefficient (Wildman–Crippen LogP) is 3.86. The molecule has 124 valence electrons. The number of rotatable bonds is 5. The molecular weight excluding hydrogens is 320 g/mol. The number of hydrogen-bond acceptors (Lipinski definition) is 3. The zero-order chi connectivity index (χ0) is 17.1. The molecule has 5 heteroatoms. The first-order chi connectivity index (χ1) is 11.5. The first-order valence-corrected chi connectivity index (χ1v) is 8.86. The molecule has 0 radical (unpaired) electrons. The van der Waals surface area contributed by atoms with Crippen molar-refractivity contribution < 1.29 is 9.59 Å². The van der Waals surface area contributed by atoms with Gasteiger partial charge in [-0.1, -0.05) is 26.0 Å². The lowest BCUT2D eigenvalue weighted by molar-refractivity contribution is -0.116. The van der Waals surface area contributed by atoms with Crippen LogP contribution in [0.15, 0.2) is 47.4 Å². The lowest BCUT2D eigenvalue weighted by Gasteiger charge is -2.08. The normalized spacial score (nSPS) is 12.9. The van der Waals surface area contributed by atoms with Crippen LogP contribution in [0.1, 0.15) is 25.0 Å². The standard InChI is InChI=1S/C19H20N2O2S/c1-12(2)24-16-6-3-13(4-7-16)9-18(22)20-15-5-8-17-14(10-15)11-19(23)21-17/h3-8,10,12H,9,11H2,1-2H3,(H,20,22)(H,21,23). The number of hydrogen-bond donors (Lipinski definition) is 2. The first-order valence-electron chi connectivity index (χ1n) is 7.98. The number of carbonyl (C=O) groups is 2. The van der Waals surface area contributed by atoms with Crippen molar-refractivity contribution in [1.29, 1.82) is 0 Å². The van der Waals surface area contributed by atoms with Gasteiger partial charge in [-0.3, -0.25) is 9.59 Å². The molecule has 0 spiro atoms. The van der Waals surface area contributed by atoms with Crippen LogP contribution in [0.2, 0.25) is 0 Å². The van der Waals surface area contributed by atoms with Crippen molar-refractivity contribution in [2.75, 3.05) is 10.6 Å². The van der Waals surface area contributed by atoms with Crippen molar-refractivity contribution >= 4 is 35.0 Å². The Morgan fingerprint density at radius 2 is 1.96 bits per heavy atom. The van der Waals surface area contributed by atoms with Crippen molar-refractivity contribution in [1.82, 2.24) is 0 Å². The highest BCUT2D eigenvalue weighted by molar-refractivity contribution is 7.99. The van der Waals surface area contributed by atoms with E-state index in [9.17, 15) is 9.59 Å². The van der Waals surface area contributed by atoms with Gasteiger partial charge >= 0.3 is 0 Å². The van der Waals surface area contributed by atoms with Gasteiger partial charge in [0.15, 0.2) is 0 Å². The van der Waals surface area contributed by atoms with Gasteiger partial charge in [-0.25, -0.2) is 0 Å². The lowest BCUT2D eigenvalue weighted by atomic mass is 10.1. The van der Waals surface area contributed by atoms with Crippen molar-refractivity contribution in [3.05, 3.63) is 53.6 Å². The van der Waals surface area contributed by atoms with E-state index in [1.165, 1.54) is 4.90 Å². The number of anilines is 2. The Morgan fingerprint density at radius 1 is 1.21 bits per heavy atom. The summed E-state index contributed by atoms with van der Waals surface area (Å²) in [7, 11) is 0. The van der Waals surface area contributed by atoms with E-state index < -0.39 is 0 Å². The second-order valence-corrected chi connectivity index (χ2v) is 7.78. The maximum absolute atomic E-state index is 12.2. The van der Waals surface area contributed by atoms with Crippen molar-refractivity contribution in [3.8, 4) is 0 Å². The fourth-order valence-electron chi connectivity index (χ4n) is 2.66. The van der Waals surface area contributed by atoms with Gasteiger partial charge in [-0.15, -0.1) is 11.8 Å². The van der Waals surface area contributed by atoms with Crippen LogP contribution in [0.4, 0.5) is 11.4 Å². The van der Waals surface area contributed by atoms with Gasteiger partial charge in [-0.05, 0) is 41.5 Å². The van der Waals surface area contributed by atoms with Crippen LogP contribution < -0.4 is 10.6 Å². The Kier molecular flexibility index (Phi) is 4.90. The minimum atomic E-state index is -0.0588. The third-order valence-electron chi connectivity index (χ3n) is 3.67. The molecule has 2 N–H and O–H groups in total. The number of carbonyl (C=O) groups excluding carboxylic acids is 2. The summed E-state index contributed by atoms with van der Waals surface area (Å²) in [5.74, 6) is -0.0654. The minimum absolute atomic E-state index is 0.00664. The van der Waals surface area contributed by atoms with E-state index in [1.54, 1.807) is 11.8 Å².